The highest BCUT2D eigenvalue weighted by molar-refractivity contribution is 5.61. The number of benzene rings is 1. The molecule has 20 heavy (non-hydrogen) atoms. The quantitative estimate of drug-likeness (QED) is 0.574. The van der Waals surface area contributed by atoms with Crippen LogP contribution in [0.3, 0.4) is 0 Å². The van der Waals surface area contributed by atoms with E-state index in [2.05, 4.69) is 27.6 Å². The molecule has 1 aliphatic carbocycles. The Morgan fingerprint density at radius 1 is 1.15 bits per heavy atom. The molecule has 4 N–H and O–H groups in total. The van der Waals surface area contributed by atoms with Crippen LogP contribution in [-0.2, 0) is 0 Å². The van der Waals surface area contributed by atoms with Gasteiger partial charge < -0.3 is 10.7 Å². The second kappa shape index (κ2) is 5.46. The molecule has 104 valence electrons. The van der Waals surface area contributed by atoms with Crippen LogP contribution in [0.4, 0.5) is 11.6 Å². The van der Waals surface area contributed by atoms with E-state index in [1.54, 1.807) is 0 Å². The molecule has 1 aromatic heterocycles. The fourth-order valence-corrected chi connectivity index (χ4v) is 2.26. The number of nitrogens with two attached hydrogens (primary N) is 1. The van der Waals surface area contributed by atoms with Gasteiger partial charge in [0.25, 0.3) is 0 Å². The van der Waals surface area contributed by atoms with Crippen LogP contribution >= 0.6 is 0 Å². The predicted molar refractivity (Wildman–Crippen MR) is 81.1 cm³/mol. The third kappa shape index (κ3) is 2.88. The zero-order chi connectivity index (χ0) is 13.9. The van der Waals surface area contributed by atoms with Gasteiger partial charge in [0.05, 0.1) is 0 Å². The van der Waals surface area contributed by atoms with Crippen LogP contribution in [0.15, 0.2) is 36.4 Å². The van der Waals surface area contributed by atoms with Crippen LogP contribution in [0.25, 0.3) is 11.4 Å². The predicted octanol–water partition coefficient (Wildman–Crippen LogP) is 2.64. The Labute approximate surface area is 118 Å². The fraction of sp³-hybridized carbons (Fsp3) is 0.333. The van der Waals surface area contributed by atoms with Crippen LogP contribution in [0, 0.1) is 5.92 Å². The topological polar surface area (TPSA) is 75.9 Å². The van der Waals surface area contributed by atoms with Crippen LogP contribution in [-0.4, -0.2) is 16.0 Å². The monoisotopic (exact) mass is 269 g/mol. The van der Waals surface area contributed by atoms with Crippen molar-refractivity contribution in [3.05, 3.63) is 36.4 Å². The van der Waals surface area contributed by atoms with E-state index in [0.29, 0.717) is 17.7 Å². The maximum Gasteiger partial charge on any atom is 0.163 e. The second-order valence-electron chi connectivity index (χ2n) is 5.24. The maximum absolute atomic E-state index is 5.50. The third-order valence-corrected chi connectivity index (χ3v) is 3.61. The van der Waals surface area contributed by atoms with Crippen molar-refractivity contribution in [3.63, 3.8) is 0 Å². The fourth-order valence-electron chi connectivity index (χ4n) is 2.26. The minimum Gasteiger partial charge on any atom is -0.367 e. The Morgan fingerprint density at radius 3 is 2.50 bits per heavy atom. The van der Waals surface area contributed by atoms with Crippen LogP contribution in [0.2, 0.25) is 0 Å². The molecule has 1 atom stereocenters. The van der Waals surface area contributed by atoms with Gasteiger partial charge in [0.15, 0.2) is 5.82 Å². The molecule has 1 aromatic carbocycles. The first kappa shape index (κ1) is 12.9. The Bertz CT molecular complexity index is 580. The second-order valence-corrected chi connectivity index (χ2v) is 5.24. The summed E-state index contributed by atoms with van der Waals surface area (Å²) in [6.07, 6.45) is 2.60. The van der Waals surface area contributed by atoms with Gasteiger partial charge in [-0.05, 0) is 25.7 Å². The molecule has 1 fully saturated rings. The first-order valence-corrected chi connectivity index (χ1v) is 6.94. The van der Waals surface area contributed by atoms with Gasteiger partial charge in [0.1, 0.15) is 11.6 Å². The largest absolute Gasteiger partial charge is 0.367 e. The van der Waals surface area contributed by atoms with Gasteiger partial charge in [-0.1, -0.05) is 30.3 Å². The summed E-state index contributed by atoms with van der Waals surface area (Å²) < 4.78 is 0. The smallest absolute Gasteiger partial charge is 0.163 e. The first-order chi connectivity index (χ1) is 9.76. The molecule has 0 bridgehead atoms. The summed E-state index contributed by atoms with van der Waals surface area (Å²) in [5, 5.41) is 3.44. The molecule has 5 heteroatoms. The number of hydrogen-bond donors (Lipinski definition) is 3. The number of nitrogens with one attached hydrogen (secondary N) is 2. The maximum atomic E-state index is 5.50. The van der Waals surface area contributed by atoms with Gasteiger partial charge in [0, 0.05) is 17.7 Å². The summed E-state index contributed by atoms with van der Waals surface area (Å²) in [6.45, 7) is 2.19. The average Bonchev–Trinajstić information content (AvgIpc) is 3.32. The molecule has 1 saturated carbocycles. The number of aromatic nitrogens is 2. The normalized spacial score (nSPS) is 15.7. The number of nitrogen functional groups attached to an aromatic ring is 1. The Kier molecular flexibility index (Phi) is 3.52. The number of nitrogens with zero attached hydrogens (tertiary/aromatic N) is 2. The van der Waals surface area contributed by atoms with E-state index in [1.807, 2.05) is 36.4 Å². The zero-order valence-electron chi connectivity index (χ0n) is 11.5. The molecule has 0 radical (unpaired) electrons. The van der Waals surface area contributed by atoms with E-state index in [-0.39, 0.29) is 0 Å². The van der Waals surface area contributed by atoms with Crippen molar-refractivity contribution in [2.75, 3.05) is 10.7 Å². The lowest BCUT2D eigenvalue weighted by atomic mass is 10.2. The van der Waals surface area contributed by atoms with E-state index in [0.717, 1.165) is 17.3 Å². The van der Waals surface area contributed by atoms with Crippen molar-refractivity contribution in [2.24, 2.45) is 11.8 Å². The standard InChI is InChI=1S/C15H19N5/c1-10(11-7-8-11)17-13-9-14(20-16)19-15(18-13)12-5-3-2-4-6-12/h2-6,9-11H,7-8,16H2,1H3,(H2,17,18,19,20). The van der Waals surface area contributed by atoms with Crippen molar-refractivity contribution in [1.29, 1.82) is 0 Å². The first-order valence-electron chi connectivity index (χ1n) is 6.94. The van der Waals surface area contributed by atoms with Gasteiger partial charge in [-0.2, -0.15) is 0 Å². The minimum absolute atomic E-state index is 0.430. The van der Waals surface area contributed by atoms with Crippen molar-refractivity contribution in [1.82, 2.24) is 9.97 Å². The lowest BCUT2D eigenvalue weighted by Crippen LogP contribution is -2.19. The molecule has 0 aliphatic heterocycles. The minimum atomic E-state index is 0.430. The van der Waals surface area contributed by atoms with E-state index < -0.39 is 0 Å². The molecule has 0 amide bonds. The van der Waals surface area contributed by atoms with Crippen LogP contribution < -0.4 is 16.6 Å². The molecule has 0 spiro atoms. The molecule has 1 heterocycles. The van der Waals surface area contributed by atoms with Gasteiger partial charge >= 0.3 is 0 Å². The van der Waals surface area contributed by atoms with Crippen molar-refractivity contribution in [3.8, 4) is 11.4 Å². The summed E-state index contributed by atoms with van der Waals surface area (Å²) in [4.78, 5) is 8.99. The Hall–Kier alpha value is -2.14. The summed E-state index contributed by atoms with van der Waals surface area (Å²) in [5.41, 5.74) is 3.58. The highest BCUT2D eigenvalue weighted by atomic mass is 15.3. The average molecular weight is 269 g/mol. The molecule has 3 rings (SSSR count). The molecule has 5 nitrogen and oxygen atoms in total. The number of rotatable bonds is 5. The highest BCUT2D eigenvalue weighted by Gasteiger charge is 2.28. The van der Waals surface area contributed by atoms with E-state index in [4.69, 9.17) is 5.84 Å². The van der Waals surface area contributed by atoms with Crippen molar-refractivity contribution in [2.45, 2.75) is 25.8 Å². The van der Waals surface area contributed by atoms with Gasteiger partial charge in [-0.3, -0.25) is 0 Å². The number of hydrazine groups is 1. The summed E-state index contributed by atoms with van der Waals surface area (Å²) in [7, 11) is 0. The lowest BCUT2D eigenvalue weighted by Gasteiger charge is -2.15. The SMILES string of the molecule is CC(Nc1cc(NN)nc(-c2ccccc2)n1)C1CC1. The van der Waals surface area contributed by atoms with Crippen LogP contribution in [0.1, 0.15) is 19.8 Å². The van der Waals surface area contributed by atoms with Crippen LogP contribution in [0.5, 0.6) is 0 Å². The van der Waals surface area contributed by atoms with Crippen molar-refractivity contribution >= 4 is 11.6 Å². The summed E-state index contributed by atoms with van der Waals surface area (Å²) in [6, 6.07) is 12.2. The third-order valence-electron chi connectivity index (χ3n) is 3.61. The van der Waals surface area contributed by atoms with Gasteiger partial charge in [-0.15, -0.1) is 0 Å². The Morgan fingerprint density at radius 2 is 1.85 bits per heavy atom. The van der Waals surface area contributed by atoms with Crippen molar-refractivity contribution < 1.29 is 0 Å². The molecule has 1 unspecified atom stereocenters. The summed E-state index contributed by atoms with van der Waals surface area (Å²) in [5.74, 6) is 8.36. The van der Waals surface area contributed by atoms with Gasteiger partial charge in [0.2, 0.25) is 0 Å². The lowest BCUT2D eigenvalue weighted by molar-refractivity contribution is 0.690. The van der Waals surface area contributed by atoms with E-state index >= 15 is 0 Å². The number of anilines is 2. The zero-order valence-corrected chi connectivity index (χ0v) is 11.5. The number of hydrogen-bond acceptors (Lipinski definition) is 5. The summed E-state index contributed by atoms with van der Waals surface area (Å²) >= 11 is 0. The molecule has 2 aromatic rings. The van der Waals surface area contributed by atoms with Gasteiger partial charge in [-0.25, -0.2) is 15.8 Å². The molecule has 0 saturated heterocycles. The Balaban J connectivity index is 1.90. The molecular weight excluding hydrogens is 250 g/mol. The molecular formula is C15H19N5. The molecule has 1 aliphatic rings. The highest BCUT2D eigenvalue weighted by Crippen LogP contribution is 2.34. The van der Waals surface area contributed by atoms with E-state index in [9.17, 15) is 0 Å². The van der Waals surface area contributed by atoms with E-state index in [1.165, 1.54) is 12.8 Å².